The van der Waals surface area contributed by atoms with E-state index in [9.17, 15) is 0 Å². The summed E-state index contributed by atoms with van der Waals surface area (Å²) in [4.78, 5) is 0. The van der Waals surface area contributed by atoms with E-state index in [2.05, 4.69) is 68.9 Å². The molecule has 0 aliphatic heterocycles. The van der Waals surface area contributed by atoms with Crippen LogP contribution in [0.1, 0.15) is 16.5 Å². The van der Waals surface area contributed by atoms with Gasteiger partial charge in [0.15, 0.2) is 0 Å². The number of benzene rings is 2. The van der Waals surface area contributed by atoms with Crippen molar-refractivity contribution in [2.24, 2.45) is 0 Å². The molecule has 0 saturated heterocycles. The first kappa shape index (κ1) is 13.4. The molecular weight excluding hydrogens is 410 g/mol. The molecule has 2 aromatic rings. The zero-order chi connectivity index (χ0) is 12.3. The summed E-state index contributed by atoms with van der Waals surface area (Å²) in [5.74, 6) is 0. The molecule has 0 amide bonds. The SMILES string of the molecule is ClC(Cc1cccc(Br)c1)c1cccc(I)c1. The quantitative estimate of drug-likeness (QED) is 0.449. The summed E-state index contributed by atoms with van der Waals surface area (Å²) in [6.07, 6.45) is 0.848. The van der Waals surface area contributed by atoms with Crippen molar-refractivity contribution in [3.8, 4) is 0 Å². The molecule has 0 saturated carbocycles. The van der Waals surface area contributed by atoms with Gasteiger partial charge in [0.2, 0.25) is 0 Å². The molecule has 0 nitrogen and oxygen atoms in total. The van der Waals surface area contributed by atoms with Gasteiger partial charge in [-0.15, -0.1) is 11.6 Å². The maximum atomic E-state index is 6.45. The Balaban J connectivity index is 2.14. The van der Waals surface area contributed by atoms with Gasteiger partial charge in [-0.2, -0.15) is 0 Å². The lowest BCUT2D eigenvalue weighted by Crippen LogP contribution is -1.96. The average molecular weight is 422 g/mol. The van der Waals surface area contributed by atoms with Crippen molar-refractivity contribution in [2.45, 2.75) is 11.8 Å². The zero-order valence-electron chi connectivity index (χ0n) is 9.04. The second-order valence-electron chi connectivity index (χ2n) is 3.86. The molecule has 0 aliphatic carbocycles. The Labute approximate surface area is 129 Å². The largest absolute Gasteiger partial charge is 0.117 e. The maximum absolute atomic E-state index is 6.45. The number of rotatable bonds is 3. The first-order chi connectivity index (χ1) is 8.15. The summed E-state index contributed by atoms with van der Waals surface area (Å²) in [5, 5.41) is 0.0269. The summed E-state index contributed by atoms with van der Waals surface area (Å²) >= 11 is 12.2. The highest BCUT2D eigenvalue weighted by atomic mass is 127. The molecule has 0 aromatic heterocycles. The zero-order valence-corrected chi connectivity index (χ0v) is 13.5. The van der Waals surface area contributed by atoms with Crippen LogP contribution in [-0.2, 0) is 6.42 Å². The van der Waals surface area contributed by atoms with Gasteiger partial charge in [-0.3, -0.25) is 0 Å². The van der Waals surface area contributed by atoms with Crippen LogP contribution in [0.5, 0.6) is 0 Å². The molecule has 1 atom stereocenters. The van der Waals surface area contributed by atoms with Crippen LogP contribution in [0, 0.1) is 3.57 Å². The molecule has 17 heavy (non-hydrogen) atoms. The monoisotopic (exact) mass is 420 g/mol. The molecule has 0 N–H and O–H groups in total. The lowest BCUT2D eigenvalue weighted by atomic mass is 10.0. The fourth-order valence-corrected chi connectivity index (χ4v) is 3.02. The number of alkyl halides is 1. The minimum Gasteiger partial charge on any atom is -0.117 e. The van der Waals surface area contributed by atoms with E-state index < -0.39 is 0 Å². The van der Waals surface area contributed by atoms with Gasteiger partial charge in [0.1, 0.15) is 0 Å². The molecule has 88 valence electrons. The third-order valence-electron chi connectivity index (χ3n) is 2.51. The highest BCUT2D eigenvalue weighted by Gasteiger charge is 2.09. The molecule has 2 rings (SSSR count). The number of hydrogen-bond donors (Lipinski definition) is 0. The fourth-order valence-electron chi connectivity index (χ4n) is 1.69. The van der Waals surface area contributed by atoms with E-state index in [1.807, 2.05) is 18.2 Å². The topological polar surface area (TPSA) is 0 Å². The van der Waals surface area contributed by atoms with Crippen LogP contribution in [0.15, 0.2) is 53.0 Å². The Morgan fingerprint density at radius 3 is 2.59 bits per heavy atom. The molecule has 0 spiro atoms. The van der Waals surface area contributed by atoms with Crippen LogP contribution < -0.4 is 0 Å². The highest BCUT2D eigenvalue weighted by Crippen LogP contribution is 2.27. The van der Waals surface area contributed by atoms with Gasteiger partial charge < -0.3 is 0 Å². The number of hydrogen-bond acceptors (Lipinski definition) is 0. The van der Waals surface area contributed by atoms with E-state index in [-0.39, 0.29) is 5.38 Å². The van der Waals surface area contributed by atoms with E-state index in [1.54, 1.807) is 0 Å². The summed E-state index contributed by atoms with van der Waals surface area (Å²) in [7, 11) is 0. The third kappa shape index (κ3) is 3.97. The Morgan fingerprint density at radius 2 is 1.88 bits per heavy atom. The first-order valence-corrected chi connectivity index (χ1v) is 7.60. The Morgan fingerprint density at radius 1 is 1.12 bits per heavy atom. The summed E-state index contributed by atoms with van der Waals surface area (Å²) < 4.78 is 2.32. The van der Waals surface area contributed by atoms with Gasteiger partial charge in [0, 0.05) is 8.04 Å². The minimum absolute atomic E-state index is 0.0269. The van der Waals surface area contributed by atoms with E-state index in [0.717, 1.165) is 10.9 Å². The van der Waals surface area contributed by atoms with Crippen molar-refractivity contribution in [3.63, 3.8) is 0 Å². The van der Waals surface area contributed by atoms with Crippen LogP contribution in [0.25, 0.3) is 0 Å². The van der Waals surface area contributed by atoms with E-state index >= 15 is 0 Å². The first-order valence-electron chi connectivity index (χ1n) is 5.29. The maximum Gasteiger partial charge on any atom is 0.0625 e. The summed E-state index contributed by atoms with van der Waals surface area (Å²) in [5.41, 5.74) is 2.43. The van der Waals surface area contributed by atoms with Crippen molar-refractivity contribution < 1.29 is 0 Å². The van der Waals surface area contributed by atoms with Gasteiger partial charge in [0.05, 0.1) is 5.38 Å². The van der Waals surface area contributed by atoms with E-state index in [4.69, 9.17) is 11.6 Å². The predicted octanol–water partition coefficient (Wildman–Crippen LogP) is 5.58. The van der Waals surface area contributed by atoms with Crippen molar-refractivity contribution in [1.29, 1.82) is 0 Å². The van der Waals surface area contributed by atoms with Crippen LogP contribution in [0.2, 0.25) is 0 Å². The van der Waals surface area contributed by atoms with Gasteiger partial charge in [-0.05, 0) is 64.4 Å². The second-order valence-corrected chi connectivity index (χ2v) is 6.54. The molecule has 0 aliphatic rings. The van der Waals surface area contributed by atoms with Gasteiger partial charge in [-0.1, -0.05) is 40.2 Å². The van der Waals surface area contributed by atoms with Crippen molar-refractivity contribution in [3.05, 3.63) is 67.7 Å². The Bertz CT molecular complexity index is 513. The van der Waals surface area contributed by atoms with E-state index in [1.165, 1.54) is 14.7 Å². The molecule has 0 bridgehead atoms. The molecule has 1 unspecified atom stereocenters. The minimum atomic E-state index is 0.0269. The molecule has 3 heteroatoms. The van der Waals surface area contributed by atoms with Crippen LogP contribution >= 0.6 is 50.1 Å². The standard InChI is InChI=1S/C14H11BrClI/c15-12-5-1-3-10(7-12)8-14(16)11-4-2-6-13(17)9-11/h1-7,9,14H,8H2. The normalized spacial score (nSPS) is 12.4. The van der Waals surface area contributed by atoms with Crippen LogP contribution in [0.3, 0.4) is 0 Å². The smallest absolute Gasteiger partial charge is 0.0625 e. The lowest BCUT2D eigenvalue weighted by molar-refractivity contribution is 0.918. The molecule has 2 aromatic carbocycles. The third-order valence-corrected chi connectivity index (χ3v) is 4.08. The lowest BCUT2D eigenvalue weighted by Gasteiger charge is -2.10. The van der Waals surface area contributed by atoms with Crippen LogP contribution in [-0.4, -0.2) is 0 Å². The second kappa shape index (κ2) is 6.21. The predicted molar refractivity (Wildman–Crippen MR) is 85.6 cm³/mol. The van der Waals surface area contributed by atoms with Gasteiger partial charge >= 0.3 is 0 Å². The molecule has 0 radical (unpaired) electrons. The number of halogens is 3. The van der Waals surface area contributed by atoms with E-state index in [0.29, 0.717) is 0 Å². The Kier molecular flexibility index (Phi) is 4.88. The van der Waals surface area contributed by atoms with Gasteiger partial charge in [-0.25, -0.2) is 0 Å². The van der Waals surface area contributed by atoms with Crippen molar-refractivity contribution in [1.82, 2.24) is 0 Å². The summed E-state index contributed by atoms with van der Waals surface area (Å²) in [6, 6.07) is 16.6. The van der Waals surface area contributed by atoms with Crippen LogP contribution in [0.4, 0.5) is 0 Å². The molecular formula is C14H11BrClI. The van der Waals surface area contributed by atoms with Crippen molar-refractivity contribution >= 4 is 50.1 Å². The molecule has 0 heterocycles. The van der Waals surface area contributed by atoms with Crippen molar-refractivity contribution in [2.75, 3.05) is 0 Å². The Hall–Kier alpha value is -0.0600. The van der Waals surface area contributed by atoms with Gasteiger partial charge in [0.25, 0.3) is 0 Å². The average Bonchev–Trinajstić information content (AvgIpc) is 2.29. The summed E-state index contributed by atoms with van der Waals surface area (Å²) in [6.45, 7) is 0. The molecule has 0 fully saturated rings. The highest BCUT2D eigenvalue weighted by molar-refractivity contribution is 14.1. The fraction of sp³-hybridized carbons (Fsp3) is 0.143.